The Kier molecular flexibility index (Phi) is 3.81. The first-order valence-electron chi connectivity index (χ1n) is 5.82. The summed E-state index contributed by atoms with van der Waals surface area (Å²) in [6, 6.07) is 8.20. The van der Waals surface area contributed by atoms with Gasteiger partial charge in [0.1, 0.15) is 0 Å². The van der Waals surface area contributed by atoms with Gasteiger partial charge in [0.2, 0.25) is 10.0 Å². The normalized spacial score (nSPS) is 17.9. The van der Waals surface area contributed by atoms with Crippen molar-refractivity contribution in [3.05, 3.63) is 30.3 Å². The molecule has 1 fully saturated rings. The van der Waals surface area contributed by atoms with Crippen LogP contribution in [0.2, 0.25) is 0 Å². The van der Waals surface area contributed by atoms with Crippen molar-refractivity contribution in [3.8, 4) is 0 Å². The molecule has 1 saturated carbocycles. The Bertz CT molecular complexity index is 454. The standard InChI is InChI=1S/C12H17NO3S/c14-9-8-12(10-6-7-10)13-17(15,16)11-4-2-1-3-5-11/h1-5,10,12-14H,6-9H2. The van der Waals surface area contributed by atoms with Crippen molar-refractivity contribution in [2.75, 3.05) is 6.61 Å². The lowest BCUT2D eigenvalue weighted by molar-refractivity contribution is 0.265. The highest BCUT2D eigenvalue weighted by Crippen LogP contribution is 2.34. The highest BCUT2D eigenvalue weighted by Gasteiger charge is 2.33. The molecule has 94 valence electrons. The number of aliphatic hydroxyl groups is 1. The molecule has 5 heteroatoms. The molecule has 1 aliphatic carbocycles. The van der Waals surface area contributed by atoms with Gasteiger partial charge in [-0.1, -0.05) is 18.2 Å². The number of aliphatic hydroxyl groups excluding tert-OH is 1. The molecule has 1 aromatic carbocycles. The Morgan fingerprint density at radius 3 is 2.47 bits per heavy atom. The van der Waals surface area contributed by atoms with E-state index in [-0.39, 0.29) is 17.5 Å². The Labute approximate surface area is 102 Å². The van der Waals surface area contributed by atoms with Gasteiger partial charge >= 0.3 is 0 Å². The molecular formula is C12H17NO3S. The number of benzene rings is 1. The highest BCUT2D eigenvalue weighted by atomic mass is 32.2. The molecule has 0 radical (unpaired) electrons. The van der Waals surface area contributed by atoms with Crippen LogP contribution in [0.25, 0.3) is 0 Å². The van der Waals surface area contributed by atoms with Gasteiger partial charge in [0.25, 0.3) is 0 Å². The van der Waals surface area contributed by atoms with Crippen molar-refractivity contribution in [2.45, 2.75) is 30.2 Å². The van der Waals surface area contributed by atoms with Crippen molar-refractivity contribution in [1.82, 2.24) is 4.72 Å². The topological polar surface area (TPSA) is 66.4 Å². The minimum atomic E-state index is -3.45. The van der Waals surface area contributed by atoms with Crippen molar-refractivity contribution < 1.29 is 13.5 Å². The fourth-order valence-electron chi connectivity index (χ4n) is 1.90. The van der Waals surface area contributed by atoms with E-state index in [1.807, 2.05) is 0 Å². The summed E-state index contributed by atoms with van der Waals surface area (Å²) in [5, 5.41) is 8.95. The van der Waals surface area contributed by atoms with E-state index in [9.17, 15) is 8.42 Å². The van der Waals surface area contributed by atoms with Crippen LogP contribution in [0.4, 0.5) is 0 Å². The maximum atomic E-state index is 12.1. The lowest BCUT2D eigenvalue weighted by Crippen LogP contribution is -2.37. The molecule has 0 aliphatic heterocycles. The number of sulfonamides is 1. The largest absolute Gasteiger partial charge is 0.396 e. The summed E-state index contributed by atoms with van der Waals surface area (Å²) in [7, 11) is -3.45. The average molecular weight is 255 g/mol. The first-order valence-corrected chi connectivity index (χ1v) is 7.30. The summed E-state index contributed by atoms with van der Waals surface area (Å²) in [4.78, 5) is 0.281. The second-order valence-corrected chi connectivity index (χ2v) is 6.10. The summed E-state index contributed by atoms with van der Waals surface area (Å²) < 4.78 is 26.8. The van der Waals surface area contributed by atoms with E-state index in [1.54, 1.807) is 30.3 Å². The average Bonchev–Trinajstić information content (AvgIpc) is 3.13. The Hall–Kier alpha value is -0.910. The number of rotatable bonds is 6. The zero-order valence-corrected chi connectivity index (χ0v) is 10.4. The van der Waals surface area contributed by atoms with Crippen LogP contribution in [0.1, 0.15) is 19.3 Å². The lowest BCUT2D eigenvalue weighted by atomic mass is 10.1. The molecule has 0 aromatic heterocycles. The van der Waals surface area contributed by atoms with Crippen LogP contribution in [0, 0.1) is 5.92 Å². The molecule has 0 amide bonds. The summed E-state index contributed by atoms with van der Waals surface area (Å²) >= 11 is 0. The van der Waals surface area contributed by atoms with Crippen LogP contribution in [0.15, 0.2) is 35.2 Å². The summed E-state index contributed by atoms with van der Waals surface area (Å²) in [5.41, 5.74) is 0. The van der Waals surface area contributed by atoms with Gasteiger partial charge in [-0.2, -0.15) is 0 Å². The van der Waals surface area contributed by atoms with E-state index in [4.69, 9.17) is 5.11 Å². The van der Waals surface area contributed by atoms with Gasteiger partial charge in [0.15, 0.2) is 0 Å². The Balaban J connectivity index is 2.10. The lowest BCUT2D eigenvalue weighted by Gasteiger charge is -2.17. The quantitative estimate of drug-likeness (QED) is 0.800. The maximum Gasteiger partial charge on any atom is 0.240 e. The number of nitrogens with one attached hydrogen (secondary N) is 1. The smallest absolute Gasteiger partial charge is 0.240 e. The molecule has 2 N–H and O–H groups in total. The molecular weight excluding hydrogens is 238 g/mol. The van der Waals surface area contributed by atoms with Crippen LogP contribution < -0.4 is 4.72 Å². The SMILES string of the molecule is O=S(=O)(NC(CCO)C1CC1)c1ccccc1. The zero-order chi connectivity index (χ0) is 12.3. The highest BCUT2D eigenvalue weighted by molar-refractivity contribution is 7.89. The Morgan fingerprint density at radius 1 is 1.29 bits per heavy atom. The van der Waals surface area contributed by atoms with E-state index in [0.717, 1.165) is 12.8 Å². The van der Waals surface area contributed by atoms with E-state index in [0.29, 0.717) is 12.3 Å². The third-order valence-corrected chi connectivity index (χ3v) is 4.50. The van der Waals surface area contributed by atoms with Crippen molar-refractivity contribution in [2.24, 2.45) is 5.92 Å². The molecule has 0 saturated heterocycles. The van der Waals surface area contributed by atoms with Crippen LogP contribution >= 0.6 is 0 Å². The third kappa shape index (κ3) is 3.28. The second-order valence-electron chi connectivity index (χ2n) is 4.39. The summed E-state index contributed by atoms with van der Waals surface area (Å²) in [6.45, 7) is 0.0124. The van der Waals surface area contributed by atoms with E-state index in [1.165, 1.54) is 0 Å². The van der Waals surface area contributed by atoms with Crippen LogP contribution in [0.5, 0.6) is 0 Å². The van der Waals surface area contributed by atoms with Crippen molar-refractivity contribution in [3.63, 3.8) is 0 Å². The molecule has 1 atom stereocenters. The van der Waals surface area contributed by atoms with Crippen molar-refractivity contribution >= 4 is 10.0 Å². The van der Waals surface area contributed by atoms with Crippen LogP contribution in [0.3, 0.4) is 0 Å². The van der Waals surface area contributed by atoms with Gasteiger partial charge < -0.3 is 5.11 Å². The van der Waals surface area contributed by atoms with E-state index >= 15 is 0 Å². The monoisotopic (exact) mass is 255 g/mol. The number of hydrogen-bond donors (Lipinski definition) is 2. The molecule has 1 aliphatic rings. The molecule has 0 bridgehead atoms. The van der Waals surface area contributed by atoms with E-state index in [2.05, 4.69) is 4.72 Å². The van der Waals surface area contributed by atoms with Gasteiger partial charge in [-0.3, -0.25) is 0 Å². The number of hydrogen-bond acceptors (Lipinski definition) is 3. The molecule has 17 heavy (non-hydrogen) atoms. The second kappa shape index (κ2) is 5.16. The molecule has 4 nitrogen and oxygen atoms in total. The third-order valence-electron chi connectivity index (χ3n) is 2.99. The predicted octanol–water partition coefficient (Wildman–Crippen LogP) is 1.13. The van der Waals surface area contributed by atoms with Gasteiger partial charge in [-0.25, -0.2) is 13.1 Å². The van der Waals surface area contributed by atoms with Crippen LogP contribution in [-0.2, 0) is 10.0 Å². The van der Waals surface area contributed by atoms with Crippen molar-refractivity contribution in [1.29, 1.82) is 0 Å². The predicted molar refractivity (Wildman–Crippen MR) is 65.0 cm³/mol. The Morgan fingerprint density at radius 2 is 1.94 bits per heavy atom. The van der Waals surface area contributed by atoms with Gasteiger partial charge in [-0.05, 0) is 37.3 Å². The molecule has 1 unspecified atom stereocenters. The fraction of sp³-hybridized carbons (Fsp3) is 0.500. The van der Waals surface area contributed by atoms with Gasteiger partial charge in [0, 0.05) is 12.6 Å². The molecule has 1 aromatic rings. The van der Waals surface area contributed by atoms with Gasteiger partial charge in [-0.15, -0.1) is 0 Å². The molecule has 0 spiro atoms. The minimum Gasteiger partial charge on any atom is -0.396 e. The first-order chi connectivity index (χ1) is 8.13. The minimum absolute atomic E-state index is 0.0124. The van der Waals surface area contributed by atoms with Crippen LogP contribution in [-0.4, -0.2) is 26.2 Å². The van der Waals surface area contributed by atoms with E-state index < -0.39 is 10.0 Å². The molecule has 0 heterocycles. The summed E-state index contributed by atoms with van der Waals surface area (Å²) in [5.74, 6) is 0.389. The molecule has 2 rings (SSSR count). The first kappa shape index (κ1) is 12.5. The fourth-order valence-corrected chi connectivity index (χ4v) is 3.26. The zero-order valence-electron chi connectivity index (χ0n) is 9.54. The van der Waals surface area contributed by atoms with Gasteiger partial charge in [0.05, 0.1) is 4.90 Å². The summed E-state index contributed by atoms with van der Waals surface area (Å²) in [6.07, 6.45) is 2.57. The maximum absolute atomic E-state index is 12.1.